The van der Waals surface area contributed by atoms with E-state index in [0.717, 1.165) is 6.42 Å². The van der Waals surface area contributed by atoms with Crippen molar-refractivity contribution >= 4 is 17.8 Å². The van der Waals surface area contributed by atoms with Crippen molar-refractivity contribution in [1.29, 1.82) is 0 Å². The van der Waals surface area contributed by atoms with Crippen LogP contribution in [0.25, 0.3) is 0 Å². The molecule has 19 heavy (non-hydrogen) atoms. The molecule has 2 heterocycles. The number of nitrogens with zero attached hydrogens (tertiary/aromatic N) is 1. The fourth-order valence-electron chi connectivity index (χ4n) is 3.04. The fourth-order valence-corrected chi connectivity index (χ4v) is 3.04. The summed E-state index contributed by atoms with van der Waals surface area (Å²) in [7, 11) is 0. The normalized spacial score (nSPS) is 30.5. The van der Waals surface area contributed by atoms with E-state index in [1.165, 1.54) is 0 Å². The van der Waals surface area contributed by atoms with Crippen LogP contribution < -0.4 is 5.32 Å². The van der Waals surface area contributed by atoms with Crippen LogP contribution in [-0.4, -0.2) is 46.9 Å². The molecule has 1 unspecified atom stereocenters. The second-order valence-corrected chi connectivity index (χ2v) is 5.50. The third kappa shape index (κ3) is 2.57. The topological polar surface area (TPSA) is 86.7 Å². The number of aliphatic carboxylic acids is 1. The number of likely N-dealkylation sites (tertiary alicyclic amines) is 1. The zero-order chi connectivity index (χ0) is 14.0. The van der Waals surface area contributed by atoms with Gasteiger partial charge in [-0.05, 0) is 19.3 Å². The Morgan fingerprint density at radius 2 is 2.26 bits per heavy atom. The van der Waals surface area contributed by atoms with Crippen molar-refractivity contribution < 1.29 is 19.5 Å². The number of hydrogen-bond acceptors (Lipinski definition) is 3. The first-order valence-corrected chi connectivity index (χ1v) is 6.80. The SMILES string of the molecule is CCCC1(C(=O)O)CCN(C(=O)[C@H]2CCC(=O)N2)C1. The molecule has 0 aromatic rings. The molecule has 6 heteroatoms. The first kappa shape index (κ1) is 13.8. The molecule has 0 aliphatic carbocycles. The highest BCUT2D eigenvalue weighted by Crippen LogP contribution is 2.36. The second kappa shape index (κ2) is 5.19. The lowest BCUT2D eigenvalue weighted by molar-refractivity contribution is -0.149. The Bertz CT molecular complexity index is 409. The van der Waals surface area contributed by atoms with Crippen LogP contribution in [0.1, 0.15) is 39.0 Å². The summed E-state index contributed by atoms with van der Waals surface area (Å²) in [6, 6.07) is -0.460. The van der Waals surface area contributed by atoms with Crippen LogP contribution in [0.4, 0.5) is 0 Å². The number of nitrogens with one attached hydrogen (secondary N) is 1. The minimum absolute atomic E-state index is 0.101. The lowest BCUT2D eigenvalue weighted by atomic mass is 9.83. The minimum Gasteiger partial charge on any atom is -0.481 e. The van der Waals surface area contributed by atoms with Gasteiger partial charge in [0.25, 0.3) is 0 Å². The third-order valence-electron chi connectivity index (χ3n) is 4.14. The Morgan fingerprint density at radius 1 is 1.53 bits per heavy atom. The number of carbonyl (C=O) groups excluding carboxylic acids is 2. The highest BCUT2D eigenvalue weighted by molar-refractivity contribution is 5.91. The highest BCUT2D eigenvalue weighted by atomic mass is 16.4. The van der Waals surface area contributed by atoms with E-state index < -0.39 is 17.4 Å². The molecule has 2 saturated heterocycles. The molecule has 0 aromatic heterocycles. The number of carboxylic acid groups (broad SMARTS) is 1. The van der Waals surface area contributed by atoms with Gasteiger partial charge >= 0.3 is 5.97 Å². The van der Waals surface area contributed by atoms with Crippen molar-refractivity contribution in [3.63, 3.8) is 0 Å². The van der Waals surface area contributed by atoms with E-state index in [-0.39, 0.29) is 18.4 Å². The van der Waals surface area contributed by atoms with E-state index in [2.05, 4.69) is 5.32 Å². The van der Waals surface area contributed by atoms with Gasteiger partial charge in [0.05, 0.1) is 5.41 Å². The predicted molar refractivity (Wildman–Crippen MR) is 67.3 cm³/mol. The Kier molecular flexibility index (Phi) is 3.78. The zero-order valence-corrected chi connectivity index (χ0v) is 11.1. The average molecular weight is 268 g/mol. The Morgan fingerprint density at radius 3 is 2.79 bits per heavy atom. The molecule has 0 bridgehead atoms. The van der Waals surface area contributed by atoms with Crippen LogP contribution in [0.2, 0.25) is 0 Å². The largest absolute Gasteiger partial charge is 0.481 e. The quantitative estimate of drug-likeness (QED) is 0.771. The van der Waals surface area contributed by atoms with Gasteiger partial charge in [-0.1, -0.05) is 13.3 Å². The summed E-state index contributed by atoms with van der Waals surface area (Å²) < 4.78 is 0. The zero-order valence-electron chi connectivity index (χ0n) is 11.1. The molecule has 0 aromatic carbocycles. The molecule has 2 amide bonds. The summed E-state index contributed by atoms with van der Waals surface area (Å²) >= 11 is 0. The summed E-state index contributed by atoms with van der Waals surface area (Å²) in [6.45, 7) is 2.69. The second-order valence-electron chi connectivity index (χ2n) is 5.50. The summed E-state index contributed by atoms with van der Waals surface area (Å²) in [5, 5.41) is 12.0. The molecule has 106 valence electrons. The van der Waals surface area contributed by atoms with Gasteiger partial charge < -0.3 is 15.3 Å². The standard InChI is InChI=1S/C13H20N2O4/c1-2-5-13(12(18)19)6-7-15(8-13)11(17)9-3-4-10(16)14-9/h9H,2-8H2,1H3,(H,14,16)(H,18,19)/t9-,13?/m1/s1. The number of carboxylic acids is 1. The van der Waals surface area contributed by atoms with Crippen LogP contribution >= 0.6 is 0 Å². The van der Waals surface area contributed by atoms with Gasteiger partial charge in [-0.3, -0.25) is 14.4 Å². The molecule has 2 N–H and O–H groups in total. The first-order chi connectivity index (χ1) is 8.98. The molecule has 2 fully saturated rings. The van der Waals surface area contributed by atoms with E-state index >= 15 is 0 Å². The number of rotatable bonds is 4. The molecular weight excluding hydrogens is 248 g/mol. The number of hydrogen-bond donors (Lipinski definition) is 2. The highest BCUT2D eigenvalue weighted by Gasteiger charge is 2.46. The Labute approximate surface area is 112 Å². The molecule has 2 aliphatic heterocycles. The molecular formula is C13H20N2O4. The van der Waals surface area contributed by atoms with Gasteiger partial charge in [0, 0.05) is 19.5 Å². The molecule has 6 nitrogen and oxygen atoms in total. The van der Waals surface area contributed by atoms with Gasteiger partial charge in [0.15, 0.2) is 0 Å². The van der Waals surface area contributed by atoms with Gasteiger partial charge in [0.1, 0.15) is 6.04 Å². The third-order valence-corrected chi connectivity index (χ3v) is 4.14. The van der Waals surface area contributed by atoms with E-state index in [9.17, 15) is 19.5 Å². The van der Waals surface area contributed by atoms with Gasteiger partial charge in [0.2, 0.25) is 11.8 Å². The van der Waals surface area contributed by atoms with E-state index in [1.54, 1.807) is 4.90 Å². The molecule has 2 rings (SSSR count). The summed E-state index contributed by atoms with van der Waals surface area (Å²) in [4.78, 5) is 36.4. The maximum Gasteiger partial charge on any atom is 0.311 e. The number of carbonyl (C=O) groups is 3. The molecule has 0 radical (unpaired) electrons. The lowest BCUT2D eigenvalue weighted by Crippen LogP contribution is -2.45. The summed E-state index contributed by atoms with van der Waals surface area (Å²) in [6.07, 6.45) is 2.77. The van der Waals surface area contributed by atoms with Crippen LogP contribution in [0.15, 0.2) is 0 Å². The molecule has 0 saturated carbocycles. The molecule has 2 atom stereocenters. The van der Waals surface area contributed by atoms with Crippen molar-refractivity contribution in [2.24, 2.45) is 5.41 Å². The van der Waals surface area contributed by atoms with Crippen LogP contribution in [0, 0.1) is 5.41 Å². The van der Waals surface area contributed by atoms with Crippen molar-refractivity contribution in [3.8, 4) is 0 Å². The van der Waals surface area contributed by atoms with Gasteiger partial charge in [-0.2, -0.15) is 0 Å². The molecule has 2 aliphatic rings. The summed E-state index contributed by atoms with van der Waals surface area (Å²) in [5.74, 6) is -1.05. The van der Waals surface area contributed by atoms with Crippen LogP contribution in [-0.2, 0) is 14.4 Å². The average Bonchev–Trinajstić information content (AvgIpc) is 2.96. The van der Waals surface area contributed by atoms with Crippen LogP contribution in [0.5, 0.6) is 0 Å². The lowest BCUT2D eigenvalue weighted by Gasteiger charge is -2.25. The van der Waals surface area contributed by atoms with E-state index in [0.29, 0.717) is 32.2 Å². The fraction of sp³-hybridized carbons (Fsp3) is 0.769. The van der Waals surface area contributed by atoms with Crippen molar-refractivity contribution in [2.45, 2.75) is 45.1 Å². The Balaban J connectivity index is 2.02. The summed E-state index contributed by atoms with van der Waals surface area (Å²) in [5.41, 5.74) is -0.799. The number of amides is 2. The smallest absolute Gasteiger partial charge is 0.311 e. The minimum atomic E-state index is -0.819. The van der Waals surface area contributed by atoms with Crippen molar-refractivity contribution in [1.82, 2.24) is 10.2 Å². The monoisotopic (exact) mass is 268 g/mol. The van der Waals surface area contributed by atoms with Crippen molar-refractivity contribution in [3.05, 3.63) is 0 Å². The van der Waals surface area contributed by atoms with E-state index in [1.807, 2.05) is 6.92 Å². The van der Waals surface area contributed by atoms with Crippen LogP contribution in [0.3, 0.4) is 0 Å². The van der Waals surface area contributed by atoms with Gasteiger partial charge in [-0.15, -0.1) is 0 Å². The Hall–Kier alpha value is -1.59. The predicted octanol–water partition coefficient (Wildman–Crippen LogP) is 0.368. The van der Waals surface area contributed by atoms with Gasteiger partial charge in [-0.25, -0.2) is 0 Å². The maximum absolute atomic E-state index is 12.2. The molecule has 0 spiro atoms. The van der Waals surface area contributed by atoms with E-state index in [4.69, 9.17) is 0 Å². The first-order valence-electron chi connectivity index (χ1n) is 6.80. The maximum atomic E-state index is 12.2. The van der Waals surface area contributed by atoms with Crippen molar-refractivity contribution in [2.75, 3.05) is 13.1 Å².